The molecule has 0 saturated carbocycles. The summed E-state index contributed by atoms with van der Waals surface area (Å²) in [6.07, 6.45) is 3.30. The predicted molar refractivity (Wildman–Crippen MR) is 73.7 cm³/mol. The highest BCUT2D eigenvalue weighted by Crippen LogP contribution is 2.56. The van der Waals surface area contributed by atoms with Gasteiger partial charge in [-0.1, -0.05) is 26.0 Å². The molecule has 0 radical (unpaired) electrons. The summed E-state index contributed by atoms with van der Waals surface area (Å²) in [6.45, 7) is 4.51. The Hall–Kier alpha value is -0.640. The van der Waals surface area contributed by atoms with E-state index in [9.17, 15) is 4.39 Å². The topological polar surface area (TPSA) is 0 Å². The Morgan fingerprint density at radius 3 is 2.75 bits per heavy atom. The monoisotopic (exact) mass is 326 g/mol. The largest absolute Gasteiger partial charge is 0.207 e. The maximum absolute atomic E-state index is 13.3. The first-order chi connectivity index (χ1) is 7.50. The van der Waals surface area contributed by atoms with Crippen molar-refractivity contribution in [3.05, 3.63) is 46.8 Å². The van der Waals surface area contributed by atoms with Crippen molar-refractivity contribution in [3.63, 3.8) is 0 Å². The summed E-state index contributed by atoms with van der Waals surface area (Å²) in [4.78, 5) is 0. The van der Waals surface area contributed by atoms with Gasteiger partial charge in [0.15, 0.2) is 0 Å². The van der Waals surface area contributed by atoms with Crippen LogP contribution in [0, 0.1) is 11.2 Å². The SMILES string of the molecule is CC1(C)CC=C2C1=C(I)c1ccc(F)cc12. The first kappa shape index (κ1) is 10.5. The summed E-state index contributed by atoms with van der Waals surface area (Å²) < 4.78 is 14.6. The van der Waals surface area contributed by atoms with Gasteiger partial charge in [-0.3, -0.25) is 0 Å². The van der Waals surface area contributed by atoms with Crippen molar-refractivity contribution in [3.8, 4) is 0 Å². The summed E-state index contributed by atoms with van der Waals surface area (Å²) in [6, 6.07) is 5.11. The Labute approximate surface area is 108 Å². The highest BCUT2D eigenvalue weighted by atomic mass is 127. The molecule has 0 unspecified atom stereocenters. The molecule has 1 aromatic carbocycles. The van der Waals surface area contributed by atoms with Crippen LogP contribution in [0.25, 0.3) is 9.15 Å². The van der Waals surface area contributed by atoms with E-state index in [1.165, 1.54) is 20.3 Å². The summed E-state index contributed by atoms with van der Waals surface area (Å²) in [5.74, 6) is -0.144. The lowest BCUT2D eigenvalue weighted by molar-refractivity contribution is 0.488. The number of fused-ring (bicyclic) bond motifs is 3. The second-order valence-corrected chi connectivity index (χ2v) is 6.16. The van der Waals surface area contributed by atoms with Crippen molar-refractivity contribution in [2.24, 2.45) is 5.41 Å². The van der Waals surface area contributed by atoms with Crippen LogP contribution in [-0.4, -0.2) is 0 Å². The molecule has 0 aromatic heterocycles. The van der Waals surface area contributed by atoms with Crippen molar-refractivity contribution in [2.75, 3.05) is 0 Å². The highest BCUT2D eigenvalue weighted by molar-refractivity contribution is 14.1. The molecular formula is C14H12FI. The van der Waals surface area contributed by atoms with Crippen LogP contribution in [0.3, 0.4) is 0 Å². The Morgan fingerprint density at radius 1 is 1.25 bits per heavy atom. The standard InChI is InChI=1S/C14H12FI/c1-14(2)6-5-9-11-7-8(15)3-4-10(11)13(16)12(9)14/h3-5,7H,6H2,1-2H3. The smallest absolute Gasteiger partial charge is 0.123 e. The minimum atomic E-state index is -0.144. The molecule has 0 N–H and O–H groups in total. The zero-order chi connectivity index (χ0) is 11.5. The molecule has 0 bridgehead atoms. The van der Waals surface area contributed by atoms with Gasteiger partial charge in [0.25, 0.3) is 0 Å². The molecule has 3 rings (SSSR count). The predicted octanol–water partition coefficient (Wildman–Crippen LogP) is 4.80. The lowest BCUT2D eigenvalue weighted by atomic mass is 9.85. The third-order valence-corrected chi connectivity index (χ3v) is 4.61. The van der Waals surface area contributed by atoms with E-state index < -0.39 is 0 Å². The van der Waals surface area contributed by atoms with Crippen molar-refractivity contribution in [1.29, 1.82) is 0 Å². The Balaban J connectivity index is 2.29. The van der Waals surface area contributed by atoms with Gasteiger partial charge in [0.1, 0.15) is 5.82 Å². The third-order valence-electron chi connectivity index (χ3n) is 3.49. The second kappa shape index (κ2) is 3.19. The van der Waals surface area contributed by atoms with Crippen LogP contribution in [0.5, 0.6) is 0 Å². The zero-order valence-electron chi connectivity index (χ0n) is 9.27. The molecule has 16 heavy (non-hydrogen) atoms. The van der Waals surface area contributed by atoms with Gasteiger partial charge in [-0.15, -0.1) is 0 Å². The van der Waals surface area contributed by atoms with Crippen LogP contribution in [0.15, 0.2) is 29.8 Å². The summed E-state index contributed by atoms with van der Waals surface area (Å²) in [5, 5.41) is 0. The van der Waals surface area contributed by atoms with Crippen molar-refractivity contribution >= 4 is 31.7 Å². The van der Waals surface area contributed by atoms with Gasteiger partial charge < -0.3 is 0 Å². The van der Waals surface area contributed by atoms with Crippen LogP contribution in [-0.2, 0) is 0 Å². The molecule has 82 valence electrons. The lowest BCUT2D eigenvalue weighted by Gasteiger charge is -2.20. The van der Waals surface area contributed by atoms with Gasteiger partial charge in [-0.25, -0.2) is 4.39 Å². The van der Waals surface area contributed by atoms with Gasteiger partial charge in [-0.05, 0) is 68.8 Å². The fourth-order valence-corrected chi connectivity index (χ4v) is 4.14. The fraction of sp³-hybridized carbons (Fsp3) is 0.286. The quantitative estimate of drug-likeness (QED) is 0.601. The van der Waals surface area contributed by atoms with E-state index in [-0.39, 0.29) is 11.2 Å². The normalized spacial score (nSPS) is 20.9. The molecule has 1 aromatic rings. The minimum Gasteiger partial charge on any atom is -0.207 e. The maximum atomic E-state index is 13.3. The van der Waals surface area contributed by atoms with Crippen LogP contribution in [0.2, 0.25) is 0 Å². The average Bonchev–Trinajstić information content (AvgIpc) is 2.66. The van der Waals surface area contributed by atoms with Crippen molar-refractivity contribution in [1.82, 2.24) is 0 Å². The molecule has 2 heteroatoms. The van der Waals surface area contributed by atoms with E-state index in [0.717, 1.165) is 12.0 Å². The number of benzene rings is 1. The molecule has 0 atom stereocenters. The second-order valence-electron chi connectivity index (χ2n) is 5.08. The summed E-state index contributed by atoms with van der Waals surface area (Å²) in [7, 11) is 0. The average molecular weight is 326 g/mol. The Morgan fingerprint density at radius 2 is 2.00 bits per heavy atom. The molecule has 2 aliphatic carbocycles. The molecule has 0 fully saturated rings. The van der Waals surface area contributed by atoms with Gasteiger partial charge in [-0.2, -0.15) is 0 Å². The van der Waals surface area contributed by atoms with Crippen LogP contribution < -0.4 is 0 Å². The summed E-state index contributed by atoms with van der Waals surface area (Å²) >= 11 is 2.39. The third kappa shape index (κ3) is 1.25. The van der Waals surface area contributed by atoms with Crippen LogP contribution >= 0.6 is 22.6 Å². The molecule has 2 aliphatic rings. The van der Waals surface area contributed by atoms with E-state index in [0.29, 0.717) is 0 Å². The Bertz CT molecular complexity index is 550. The molecule has 0 saturated heterocycles. The first-order valence-corrected chi connectivity index (χ1v) is 6.50. The maximum Gasteiger partial charge on any atom is 0.123 e. The number of rotatable bonds is 0. The fourth-order valence-electron chi connectivity index (χ4n) is 2.65. The highest BCUT2D eigenvalue weighted by Gasteiger charge is 2.38. The molecule has 0 aliphatic heterocycles. The number of hydrogen-bond acceptors (Lipinski definition) is 0. The molecule has 0 heterocycles. The summed E-state index contributed by atoms with van der Waals surface area (Å²) in [5.41, 5.74) is 5.11. The van der Waals surface area contributed by atoms with E-state index in [1.807, 2.05) is 6.07 Å². The molecule has 0 spiro atoms. The van der Waals surface area contributed by atoms with E-state index in [2.05, 4.69) is 42.5 Å². The van der Waals surface area contributed by atoms with Crippen LogP contribution in [0.4, 0.5) is 4.39 Å². The van der Waals surface area contributed by atoms with Gasteiger partial charge in [0.05, 0.1) is 0 Å². The van der Waals surface area contributed by atoms with Gasteiger partial charge in [0.2, 0.25) is 0 Å². The van der Waals surface area contributed by atoms with Crippen molar-refractivity contribution < 1.29 is 4.39 Å². The number of allylic oxidation sites excluding steroid dienone is 3. The van der Waals surface area contributed by atoms with Gasteiger partial charge >= 0.3 is 0 Å². The number of halogens is 2. The first-order valence-electron chi connectivity index (χ1n) is 5.42. The molecular weight excluding hydrogens is 314 g/mol. The van der Waals surface area contributed by atoms with Crippen molar-refractivity contribution in [2.45, 2.75) is 20.3 Å². The molecule has 0 nitrogen and oxygen atoms in total. The minimum absolute atomic E-state index is 0.144. The zero-order valence-corrected chi connectivity index (χ0v) is 11.4. The van der Waals surface area contributed by atoms with E-state index in [1.54, 1.807) is 12.1 Å². The van der Waals surface area contributed by atoms with Gasteiger partial charge in [0, 0.05) is 3.58 Å². The lowest BCUT2D eigenvalue weighted by Crippen LogP contribution is -2.08. The van der Waals surface area contributed by atoms with E-state index >= 15 is 0 Å². The molecule has 0 amide bonds. The number of hydrogen-bond donors (Lipinski definition) is 0. The van der Waals surface area contributed by atoms with E-state index in [4.69, 9.17) is 0 Å². The van der Waals surface area contributed by atoms with Crippen LogP contribution in [0.1, 0.15) is 31.4 Å². The Kier molecular flexibility index (Phi) is 2.09.